The van der Waals surface area contributed by atoms with Gasteiger partial charge < -0.3 is 15.5 Å². The van der Waals surface area contributed by atoms with E-state index in [1.165, 1.54) is 48.9 Å². The fourth-order valence-corrected chi connectivity index (χ4v) is 3.78. The fourth-order valence-electron chi connectivity index (χ4n) is 3.78. The normalized spacial score (nSPS) is 21.5. The lowest BCUT2D eigenvalue weighted by Gasteiger charge is -2.43. The maximum Gasteiger partial charge on any atom is 0.0525 e. The van der Waals surface area contributed by atoms with Crippen LogP contribution < -0.4 is 10.6 Å². The summed E-state index contributed by atoms with van der Waals surface area (Å²) < 4.78 is 0. The molecule has 0 spiro atoms. The molecule has 1 aromatic carbocycles. The predicted molar refractivity (Wildman–Crippen MR) is 90.3 cm³/mol. The molecule has 0 radical (unpaired) electrons. The molecule has 0 saturated heterocycles. The van der Waals surface area contributed by atoms with Crippen molar-refractivity contribution in [2.45, 2.75) is 38.1 Å². The number of rotatable bonds is 4. The van der Waals surface area contributed by atoms with Gasteiger partial charge in [-0.3, -0.25) is 0 Å². The largest absolute Gasteiger partial charge is 0.398 e. The van der Waals surface area contributed by atoms with Crippen LogP contribution in [0.3, 0.4) is 0 Å². The molecule has 2 aliphatic rings. The number of nitrogens with two attached hydrogens (primary N) is 1. The Morgan fingerprint density at radius 1 is 1.24 bits per heavy atom. The SMILES string of the molecule is CN(C)CCCN1c2ccccc2C(N)=C2CCCCC21. The van der Waals surface area contributed by atoms with Crippen LogP contribution in [0, 0.1) is 0 Å². The van der Waals surface area contributed by atoms with E-state index in [4.69, 9.17) is 5.73 Å². The molecule has 3 rings (SSSR count). The van der Waals surface area contributed by atoms with Gasteiger partial charge in [-0.25, -0.2) is 0 Å². The molecule has 114 valence electrons. The molecule has 21 heavy (non-hydrogen) atoms. The fraction of sp³-hybridized carbons (Fsp3) is 0.556. The first-order chi connectivity index (χ1) is 10.2. The zero-order valence-electron chi connectivity index (χ0n) is 13.3. The third-order valence-electron chi connectivity index (χ3n) is 4.81. The molecule has 3 heteroatoms. The van der Waals surface area contributed by atoms with E-state index in [9.17, 15) is 0 Å². The molecule has 1 aliphatic carbocycles. The second-order valence-electron chi connectivity index (χ2n) is 6.57. The summed E-state index contributed by atoms with van der Waals surface area (Å²) in [6.07, 6.45) is 6.25. The summed E-state index contributed by atoms with van der Waals surface area (Å²) >= 11 is 0. The third-order valence-corrected chi connectivity index (χ3v) is 4.81. The Hall–Kier alpha value is -1.48. The van der Waals surface area contributed by atoms with Crippen molar-refractivity contribution in [1.82, 2.24) is 4.90 Å². The van der Waals surface area contributed by atoms with Crippen LogP contribution in [-0.2, 0) is 0 Å². The van der Waals surface area contributed by atoms with Crippen LogP contribution >= 0.6 is 0 Å². The number of fused-ring (bicyclic) bond motifs is 2. The van der Waals surface area contributed by atoms with Crippen LogP contribution in [0.15, 0.2) is 29.8 Å². The summed E-state index contributed by atoms with van der Waals surface area (Å²) in [6, 6.07) is 9.20. The number of hydrogen-bond acceptors (Lipinski definition) is 3. The lowest BCUT2D eigenvalue weighted by atomic mass is 9.82. The Kier molecular flexibility index (Phi) is 4.20. The first-order valence-corrected chi connectivity index (χ1v) is 8.18. The van der Waals surface area contributed by atoms with Crippen LogP contribution in [0.2, 0.25) is 0 Å². The van der Waals surface area contributed by atoms with Crippen LogP contribution in [0.5, 0.6) is 0 Å². The van der Waals surface area contributed by atoms with Gasteiger partial charge in [0.2, 0.25) is 0 Å². The van der Waals surface area contributed by atoms with Crippen molar-refractivity contribution in [2.75, 3.05) is 32.1 Å². The maximum absolute atomic E-state index is 6.48. The van der Waals surface area contributed by atoms with E-state index in [0.29, 0.717) is 6.04 Å². The summed E-state index contributed by atoms with van der Waals surface area (Å²) in [4.78, 5) is 4.88. The first-order valence-electron chi connectivity index (χ1n) is 8.18. The van der Waals surface area contributed by atoms with Gasteiger partial charge in [0.1, 0.15) is 0 Å². The minimum Gasteiger partial charge on any atom is -0.398 e. The van der Waals surface area contributed by atoms with Crippen molar-refractivity contribution in [1.29, 1.82) is 0 Å². The smallest absolute Gasteiger partial charge is 0.0525 e. The summed E-state index contributed by atoms with van der Waals surface area (Å²) in [5.41, 5.74) is 11.6. The van der Waals surface area contributed by atoms with E-state index < -0.39 is 0 Å². The predicted octanol–water partition coefficient (Wildman–Crippen LogP) is 3.07. The lowest BCUT2D eigenvalue weighted by Crippen LogP contribution is -2.43. The van der Waals surface area contributed by atoms with Gasteiger partial charge in [0.15, 0.2) is 0 Å². The van der Waals surface area contributed by atoms with Crippen molar-refractivity contribution in [3.63, 3.8) is 0 Å². The molecule has 1 heterocycles. The van der Waals surface area contributed by atoms with Crippen LogP contribution in [0.1, 0.15) is 37.7 Å². The summed E-state index contributed by atoms with van der Waals surface area (Å²) in [5, 5.41) is 0. The highest BCUT2D eigenvalue weighted by Gasteiger charge is 2.32. The Bertz CT molecular complexity index is 533. The monoisotopic (exact) mass is 285 g/mol. The van der Waals surface area contributed by atoms with Crippen molar-refractivity contribution in [2.24, 2.45) is 5.73 Å². The van der Waals surface area contributed by atoms with Gasteiger partial charge in [0.05, 0.1) is 6.04 Å². The zero-order chi connectivity index (χ0) is 14.8. The van der Waals surface area contributed by atoms with Gasteiger partial charge in [-0.05, 0) is 58.0 Å². The molecule has 3 nitrogen and oxygen atoms in total. The van der Waals surface area contributed by atoms with Gasteiger partial charge in [0, 0.05) is 23.5 Å². The van der Waals surface area contributed by atoms with E-state index in [1.54, 1.807) is 0 Å². The zero-order valence-corrected chi connectivity index (χ0v) is 13.3. The van der Waals surface area contributed by atoms with Crippen molar-refractivity contribution >= 4 is 11.4 Å². The lowest BCUT2D eigenvalue weighted by molar-refractivity contribution is 0.393. The second-order valence-corrected chi connectivity index (χ2v) is 6.57. The van der Waals surface area contributed by atoms with Gasteiger partial charge in [-0.1, -0.05) is 24.6 Å². The summed E-state index contributed by atoms with van der Waals surface area (Å²) in [5.74, 6) is 0. The Balaban J connectivity index is 1.90. The number of para-hydroxylation sites is 1. The molecule has 1 atom stereocenters. The Morgan fingerprint density at radius 3 is 2.86 bits per heavy atom. The molecule has 0 amide bonds. The Morgan fingerprint density at radius 2 is 2.05 bits per heavy atom. The van der Waals surface area contributed by atoms with Crippen molar-refractivity contribution in [3.8, 4) is 0 Å². The van der Waals surface area contributed by atoms with Crippen LogP contribution in [0.25, 0.3) is 5.70 Å². The molecule has 1 unspecified atom stereocenters. The minimum atomic E-state index is 0.538. The molecule has 1 fully saturated rings. The minimum absolute atomic E-state index is 0.538. The number of benzene rings is 1. The number of nitrogens with zero attached hydrogens (tertiary/aromatic N) is 2. The van der Waals surface area contributed by atoms with E-state index in [0.717, 1.165) is 18.8 Å². The highest BCUT2D eigenvalue weighted by Crippen LogP contribution is 2.41. The summed E-state index contributed by atoms with van der Waals surface area (Å²) in [7, 11) is 4.29. The molecule has 1 aliphatic heterocycles. The Labute approximate surface area is 128 Å². The average Bonchev–Trinajstić information content (AvgIpc) is 2.50. The second kappa shape index (κ2) is 6.10. The van der Waals surface area contributed by atoms with Gasteiger partial charge in [-0.15, -0.1) is 0 Å². The van der Waals surface area contributed by atoms with Crippen LogP contribution in [-0.4, -0.2) is 38.1 Å². The maximum atomic E-state index is 6.48. The van der Waals surface area contributed by atoms with Crippen LogP contribution in [0.4, 0.5) is 5.69 Å². The molecular weight excluding hydrogens is 258 g/mol. The van der Waals surface area contributed by atoms with E-state index >= 15 is 0 Å². The van der Waals surface area contributed by atoms with Gasteiger partial charge in [0.25, 0.3) is 0 Å². The summed E-state index contributed by atoms with van der Waals surface area (Å²) in [6.45, 7) is 2.26. The van der Waals surface area contributed by atoms with Crippen molar-refractivity contribution < 1.29 is 0 Å². The quantitative estimate of drug-likeness (QED) is 0.923. The molecule has 1 saturated carbocycles. The third kappa shape index (κ3) is 2.80. The highest BCUT2D eigenvalue weighted by atomic mass is 15.2. The van der Waals surface area contributed by atoms with E-state index in [2.05, 4.69) is 48.2 Å². The molecule has 1 aromatic rings. The molecule has 0 bridgehead atoms. The molecule has 2 N–H and O–H groups in total. The molecule has 0 aromatic heterocycles. The van der Waals surface area contributed by atoms with Crippen molar-refractivity contribution in [3.05, 3.63) is 35.4 Å². The number of hydrogen-bond donors (Lipinski definition) is 1. The standard InChI is InChI=1S/C18H27N3/c1-20(2)12-7-13-21-16-10-5-3-8-14(16)18(19)15-9-4-6-11-17(15)21/h3,5,8,10,17H,4,6-7,9,11-13,19H2,1-2H3. The van der Waals surface area contributed by atoms with Gasteiger partial charge in [-0.2, -0.15) is 0 Å². The molecular formula is C18H27N3. The average molecular weight is 285 g/mol. The first kappa shape index (κ1) is 14.5. The van der Waals surface area contributed by atoms with E-state index in [-0.39, 0.29) is 0 Å². The number of anilines is 1. The van der Waals surface area contributed by atoms with E-state index in [1.807, 2.05) is 0 Å². The topological polar surface area (TPSA) is 32.5 Å². The highest BCUT2D eigenvalue weighted by molar-refractivity contribution is 5.82. The van der Waals surface area contributed by atoms with Gasteiger partial charge >= 0.3 is 0 Å².